The number of likely N-dealkylation sites (tertiary alicyclic amines) is 1. The number of ether oxygens (including phenoxy) is 1. The Morgan fingerprint density at radius 2 is 2.10 bits per heavy atom. The van der Waals surface area contributed by atoms with E-state index in [9.17, 15) is 4.79 Å². The first-order valence-electron chi connectivity index (χ1n) is 6.44. The first kappa shape index (κ1) is 14.2. The maximum Gasteiger partial charge on any atom is 0.255 e. The first-order chi connectivity index (χ1) is 10.1. The molecule has 0 atom stereocenters. The number of hydrogen-bond donors (Lipinski definition) is 0. The molecule has 21 heavy (non-hydrogen) atoms. The van der Waals surface area contributed by atoms with Crippen LogP contribution in [0.3, 0.4) is 0 Å². The van der Waals surface area contributed by atoms with E-state index < -0.39 is 0 Å². The second kappa shape index (κ2) is 5.92. The third-order valence-corrected chi connectivity index (χ3v) is 3.80. The van der Waals surface area contributed by atoms with Crippen LogP contribution in [-0.4, -0.2) is 35.0 Å². The van der Waals surface area contributed by atoms with E-state index in [1.54, 1.807) is 35.5 Å². The Labute approximate surface area is 132 Å². The van der Waals surface area contributed by atoms with Crippen LogP contribution in [0, 0.1) is 0 Å². The largest absolute Gasteiger partial charge is 0.485 e. The van der Waals surface area contributed by atoms with E-state index >= 15 is 0 Å². The zero-order chi connectivity index (χ0) is 14.8. The number of halogens is 2. The van der Waals surface area contributed by atoms with Crippen molar-refractivity contribution in [3.63, 3.8) is 0 Å². The minimum Gasteiger partial charge on any atom is -0.485 e. The fourth-order valence-corrected chi connectivity index (χ4v) is 2.49. The summed E-state index contributed by atoms with van der Waals surface area (Å²) < 4.78 is 5.71. The molecule has 0 radical (unpaired) electrons. The van der Waals surface area contributed by atoms with Crippen LogP contribution >= 0.6 is 23.2 Å². The number of aromatic nitrogens is 1. The van der Waals surface area contributed by atoms with Gasteiger partial charge in [0, 0.05) is 11.2 Å². The monoisotopic (exact) mass is 322 g/mol. The SMILES string of the molecule is O=C(c1cc(Cl)ccc1Cl)N1CC(Oc2cccnc2)C1. The van der Waals surface area contributed by atoms with Gasteiger partial charge in [0.15, 0.2) is 0 Å². The molecule has 108 valence electrons. The number of pyridine rings is 1. The van der Waals surface area contributed by atoms with Gasteiger partial charge in [0.25, 0.3) is 5.91 Å². The molecule has 1 aromatic heterocycles. The molecule has 1 aliphatic rings. The van der Waals surface area contributed by atoms with E-state index in [4.69, 9.17) is 27.9 Å². The van der Waals surface area contributed by atoms with Crippen molar-refractivity contribution in [3.8, 4) is 5.75 Å². The third-order valence-electron chi connectivity index (χ3n) is 3.23. The van der Waals surface area contributed by atoms with Crippen molar-refractivity contribution in [2.45, 2.75) is 6.10 Å². The predicted molar refractivity (Wildman–Crippen MR) is 81.0 cm³/mol. The molecule has 1 aliphatic heterocycles. The number of nitrogens with zero attached hydrogens (tertiary/aromatic N) is 2. The van der Waals surface area contributed by atoms with Crippen LogP contribution < -0.4 is 4.74 Å². The molecule has 1 fully saturated rings. The summed E-state index contributed by atoms with van der Waals surface area (Å²) in [5, 5.41) is 0.896. The molecule has 2 heterocycles. The molecule has 4 nitrogen and oxygen atoms in total. The molecule has 1 aromatic carbocycles. The Kier molecular flexibility index (Phi) is 3.99. The van der Waals surface area contributed by atoms with Crippen molar-refractivity contribution in [1.29, 1.82) is 0 Å². The van der Waals surface area contributed by atoms with Crippen LogP contribution in [0.1, 0.15) is 10.4 Å². The van der Waals surface area contributed by atoms with Crippen LogP contribution in [0.25, 0.3) is 0 Å². The normalized spacial score (nSPS) is 14.7. The molecule has 3 rings (SSSR count). The van der Waals surface area contributed by atoms with Crippen molar-refractivity contribution in [2.24, 2.45) is 0 Å². The molecule has 0 spiro atoms. The minimum atomic E-state index is -0.131. The van der Waals surface area contributed by atoms with E-state index in [1.165, 1.54) is 0 Å². The highest BCUT2D eigenvalue weighted by atomic mass is 35.5. The standard InChI is InChI=1S/C15H12Cl2N2O2/c16-10-3-4-14(17)13(6-10)15(20)19-8-12(9-19)21-11-2-1-5-18-7-11/h1-7,12H,8-9H2. The van der Waals surface area contributed by atoms with E-state index in [-0.39, 0.29) is 12.0 Å². The van der Waals surface area contributed by atoms with Gasteiger partial charge in [-0.05, 0) is 30.3 Å². The van der Waals surface area contributed by atoms with Gasteiger partial charge in [0.1, 0.15) is 11.9 Å². The van der Waals surface area contributed by atoms with Gasteiger partial charge in [0.05, 0.1) is 29.9 Å². The Bertz CT molecular complexity index is 658. The summed E-state index contributed by atoms with van der Waals surface area (Å²) >= 11 is 11.9. The van der Waals surface area contributed by atoms with Gasteiger partial charge in [-0.2, -0.15) is 0 Å². The first-order valence-corrected chi connectivity index (χ1v) is 7.20. The van der Waals surface area contributed by atoms with Gasteiger partial charge < -0.3 is 9.64 Å². The lowest BCUT2D eigenvalue weighted by Crippen LogP contribution is -2.56. The average Bonchev–Trinajstić information content (AvgIpc) is 2.45. The summed E-state index contributed by atoms with van der Waals surface area (Å²) in [6.45, 7) is 1.05. The maximum absolute atomic E-state index is 12.3. The second-order valence-corrected chi connectivity index (χ2v) is 5.61. The molecule has 1 amide bonds. The lowest BCUT2D eigenvalue weighted by Gasteiger charge is -2.39. The molecule has 1 saturated heterocycles. The highest BCUT2D eigenvalue weighted by Crippen LogP contribution is 2.25. The fraction of sp³-hybridized carbons (Fsp3) is 0.200. The van der Waals surface area contributed by atoms with Crippen molar-refractivity contribution < 1.29 is 9.53 Å². The predicted octanol–water partition coefficient (Wildman–Crippen LogP) is 3.29. The summed E-state index contributed by atoms with van der Waals surface area (Å²) in [7, 11) is 0. The number of carbonyl (C=O) groups excluding carboxylic acids is 1. The van der Waals surface area contributed by atoms with Gasteiger partial charge >= 0.3 is 0 Å². The number of benzene rings is 1. The molecular weight excluding hydrogens is 311 g/mol. The highest BCUT2D eigenvalue weighted by Gasteiger charge is 2.33. The summed E-state index contributed by atoms with van der Waals surface area (Å²) in [4.78, 5) is 18.0. The molecule has 6 heteroatoms. The van der Waals surface area contributed by atoms with Crippen molar-refractivity contribution in [1.82, 2.24) is 9.88 Å². The molecule has 0 N–H and O–H groups in total. The van der Waals surface area contributed by atoms with Crippen LogP contribution in [-0.2, 0) is 0 Å². The molecule has 0 aliphatic carbocycles. The Hall–Kier alpha value is -1.78. The second-order valence-electron chi connectivity index (χ2n) is 4.76. The van der Waals surface area contributed by atoms with Crippen molar-refractivity contribution in [3.05, 3.63) is 58.3 Å². The summed E-state index contributed by atoms with van der Waals surface area (Å²) in [5.74, 6) is 0.573. The minimum absolute atomic E-state index is 0.0175. The summed E-state index contributed by atoms with van der Waals surface area (Å²) in [6, 6.07) is 8.52. The fourth-order valence-electron chi connectivity index (χ4n) is 2.12. The van der Waals surface area contributed by atoms with Crippen LogP contribution in [0.4, 0.5) is 0 Å². The molecular formula is C15H12Cl2N2O2. The van der Waals surface area contributed by atoms with Gasteiger partial charge in [-0.1, -0.05) is 23.2 Å². The average molecular weight is 323 g/mol. The number of hydrogen-bond acceptors (Lipinski definition) is 3. The number of amides is 1. The van der Waals surface area contributed by atoms with Crippen molar-refractivity contribution in [2.75, 3.05) is 13.1 Å². The summed E-state index contributed by atoms with van der Waals surface area (Å²) in [6.07, 6.45) is 3.32. The number of carbonyl (C=O) groups is 1. The van der Waals surface area contributed by atoms with Crippen LogP contribution in [0.2, 0.25) is 10.0 Å². The van der Waals surface area contributed by atoms with Gasteiger partial charge in [-0.15, -0.1) is 0 Å². The Balaban J connectivity index is 1.61. The van der Waals surface area contributed by atoms with E-state index in [0.717, 1.165) is 0 Å². The smallest absolute Gasteiger partial charge is 0.255 e. The molecule has 2 aromatic rings. The van der Waals surface area contributed by atoms with Crippen LogP contribution in [0.15, 0.2) is 42.7 Å². The maximum atomic E-state index is 12.3. The van der Waals surface area contributed by atoms with E-state index in [0.29, 0.717) is 34.4 Å². The van der Waals surface area contributed by atoms with Gasteiger partial charge in [-0.25, -0.2) is 0 Å². The van der Waals surface area contributed by atoms with Crippen molar-refractivity contribution >= 4 is 29.1 Å². The third kappa shape index (κ3) is 3.12. The Morgan fingerprint density at radius 1 is 1.29 bits per heavy atom. The lowest BCUT2D eigenvalue weighted by molar-refractivity contribution is 0.0177. The quantitative estimate of drug-likeness (QED) is 0.870. The van der Waals surface area contributed by atoms with Gasteiger partial charge in [-0.3, -0.25) is 9.78 Å². The topological polar surface area (TPSA) is 42.4 Å². The van der Waals surface area contributed by atoms with Crippen LogP contribution in [0.5, 0.6) is 5.75 Å². The summed E-state index contributed by atoms with van der Waals surface area (Å²) in [5.41, 5.74) is 0.420. The lowest BCUT2D eigenvalue weighted by atomic mass is 10.1. The van der Waals surface area contributed by atoms with Gasteiger partial charge in [0.2, 0.25) is 0 Å². The molecule has 0 bridgehead atoms. The molecule has 0 unspecified atom stereocenters. The highest BCUT2D eigenvalue weighted by molar-refractivity contribution is 6.35. The Morgan fingerprint density at radius 3 is 2.81 bits per heavy atom. The molecule has 0 saturated carbocycles. The van der Waals surface area contributed by atoms with E-state index in [2.05, 4.69) is 4.98 Å². The zero-order valence-electron chi connectivity index (χ0n) is 11.0. The van der Waals surface area contributed by atoms with E-state index in [1.807, 2.05) is 12.1 Å². The zero-order valence-corrected chi connectivity index (χ0v) is 12.5. The number of rotatable bonds is 3.